The van der Waals surface area contributed by atoms with Crippen molar-refractivity contribution >= 4 is 22.6 Å². The Labute approximate surface area is 105 Å². The van der Waals surface area contributed by atoms with Gasteiger partial charge in [0, 0.05) is 17.6 Å². The quantitative estimate of drug-likeness (QED) is 0.716. The molecule has 1 unspecified atom stereocenters. The van der Waals surface area contributed by atoms with Gasteiger partial charge in [-0.2, -0.15) is 0 Å². The average molecular weight is 248 g/mol. The molecule has 0 aliphatic rings. The molecule has 0 saturated carbocycles. The number of amides is 1. The molecule has 0 fully saturated rings. The van der Waals surface area contributed by atoms with E-state index in [1.54, 1.807) is 24.3 Å². The van der Waals surface area contributed by atoms with Gasteiger partial charge in [0.05, 0.1) is 6.10 Å². The minimum absolute atomic E-state index is 0.217. The molecule has 1 amide bonds. The maximum atomic E-state index is 11.8. The van der Waals surface area contributed by atoms with Crippen LogP contribution >= 0.6 is 0 Å². The Morgan fingerprint density at radius 1 is 1.50 bits per heavy atom. The van der Waals surface area contributed by atoms with Crippen LogP contribution < -0.4 is 11.1 Å². The molecule has 18 heavy (non-hydrogen) atoms. The van der Waals surface area contributed by atoms with Gasteiger partial charge < -0.3 is 20.6 Å². The lowest BCUT2D eigenvalue weighted by atomic mass is 10.2. The van der Waals surface area contributed by atoms with E-state index in [0.717, 1.165) is 5.39 Å². The number of aliphatic hydroxyl groups is 1. The minimum atomic E-state index is -0.533. The molecule has 2 aromatic rings. The molecule has 5 heteroatoms. The molecule has 4 N–H and O–H groups in total. The second-order valence-electron chi connectivity index (χ2n) is 4.18. The zero-order chi connectivity index (χ0) is 13.1. The van der Waals surface area contributed by atoms with Crippen LogP contribution in [-0.4, -0.2) is 23.7 Å². The Hall–Kier alpha value is -2.01. The van der Waals surface area contributed by atoms with Crippen molar-refractivity contribution in [1.82, 2.24) is 5.32 Å². The average Bonchev–Trinajstić information content (AvgIpc) is 2.78. The second kappa shape index (κ2) is 5.10. The van der Waals surface area contributed by atoms with Crippen LogP contribution in [0.2, 0.25) is 0 Å². The van der Waals surface area contributed by atoms with Gasteiger partial charge in [-0.15, -0.1) is 0 Å². The Bertz CT molecular complexity index is 562. The van der Waals surface area contributed by atoms with E-state index in [1.807, 2.05) is 6.92 Å². The molecule has 1 atom stereocenters. The molecule has 0 bridgehead atoms. The first kappa shape index (κ1) is 12.4. The van der Waals surface area contributed by atoms with Gasteiger partial charge in [0.2, 0.25) is 0 Å². The number of rotatable bonds is 4. The van der Waals surface area contributed by atoms with Crippen molar-refractivity contribution in [1.29, 1.82) is 0 Å². The summed E-state index contributed by atoms with van der Waals surface area (Å²) in [7, 11) is 0. The number of furan rings is 1. The van der Waals surface area contributed by atoms with E-state index in [2.05, 4.69) is 5.32 Å². The van der Waals surface area contributed by atoms with Gasteiger partial charge in [-0.3, -0.25) is 4.79 Å². The van der Waals surface area contributed by atoms with Gasteiger partial charge >= 0.3 is 0 Å². The van der Waals surface area contributed by atoms with Crippen LogP contribution in [0.1, 0.15) is 23.9 Å². The van der Waals surface area contributed by atoms with E-state index < -0.39 is 6.10 Å². The molecule has 5 nitrogen and oxygen atoms in total. The van der Waals surface area contributed by atoms with Crippen LogP contribution in [0, 0.1) is 0 Å². The molecule has 0 spiro atoms. The summed E-state index contributed by atoms with van der Waals surface area (Å²) in [6.07, 6.45) is 0.0608. The van der Waals surface area contributed by atoms with Gasteiger partial charge in [0.25, 0.3) is 5.91 Å². The lowest BCUT2D eigenvalue weighted by molar-refractivity contribution is 0.0889. The van der Waals surface area contributed by atoms with Crippen molar-refractivity contribution in [3.05, 3.63) is 30.0 Å². The minimum Gasteiger partial charge on any atom is -0.451 e. The molecule has 1 aromatic carbocycles. The SMILES string of the molecule is CCC(O)CNC(=O)c1cc2cc(N)ccc2o1. The second-order valence-corrected chi connectivity index (χ2v) is 4.18. The summed E-state index contributed by atoms with van der Waals surface area (Å²) in [5.74, 6) is -0.115. The standard InChI is InChI=1S/C13H16N2O3/c1-2-10(16)7-15-13(17)12-6-8-5-9(14)3-4-11(8)18-12/h3-6,10,16H,2,7,14H2,1H3,(H,15,17). The van der Waals surface area contributed by atoms with Crippen LogP contribution in [0.25, 0.3) is 11.0 Å². The molecule has 0 radical (unpaired) electrons. The van der Waals surface area contributed by atoms with Crippen LogP contribution in [0.5, 0.6) is 0 Å². The fraction of sp³-hybridized carbons (Fsp3) is 0.308. The zero-order valence-electron chi connectivity index (χ0n) is 10.1. The van der Waals surface area contributed by atoms with Crippen LogP contribution in [0.15, 0.2) is 28.7 Å². The lowest BCUT2D eigenvalue weighted by Crippen LogP contribution is -2.31. The Morgan fingerprint density at radius 3 is 3.00 bits per heavy atom. The van der Waals surface area contributed by atoms with E-state index in [-0.39, 0.29) is 18.2 Å². The molecular weight excluding hydrogens is 232 g/mol. The van der Waals surface area contributed by atoms with Crippen molar-refractivity contribution in [2.45, 2.75) is 19.4 Å². The van der Waals surface area contributed by atoms with E-state index in [0.29, 0.717) is 17.7 Å². The first-order chi connectivity index (χ1) is 8.60. The lowest BCUT2D eigenvalue weighted by Gasteiger charge is -2.07. The Morgan fingerprint density at radius 2 is 2.28 bits per heavy atom. The normalized spacial score (nSPS) is 12.6. The molecule has 1 heterocycles. The third kappa shape index (κ3) is 2.62. The predicted octanol–water partition coefficient (Wildman–Crippen LogP) is 1.52. The highest BCUT2D eigenvalue weighted by atomic mass is 16.3. The monoisotopic (exact) mass is 248 g/mol. The summed E-state index contributed by atoms with van der Waals surface area (Å²) in [4.78, 5) is 11.8. The van der Waals surface area contributed by atoms with Crippen molar-refractivity contribution in [3.8, 4) is 0 Å². The van der Waals surface area contributed by atoms with Crippen LogP contribution in [0.3, 0.4) is 0 Å². The van der Waals surface area contributed by atoms with Gasteiger partial charge in [-0.1, -0.05) is 6.92 Å². The van der Waals surface area contributed by atoms with Gasteiger partial charge in [-0.05, 0) is 30.7 Å². The summed E-state index contributed by atoms with van der Waals surface area (Å²) >= 11 is 0. The number of nitrogens with one attached hydrogen (secondary N) is 1. The Kier molecular flexibility index (Phi) is 3.53. The van der Waals surface area contributed by atoms with Crippen molar-refractivity contribution < 1.29 is 14.3 Å². The largest absolute Gasteiger partial charge is 0.451 e. The summed E-state index contributed by atoms with van der Waals surface area (Å²) in [6, 6.07) is 6.83. The zero-order valence-corrected chi connectivity index (χ0v) is 10.1. The summed E-state index contributed by atoms with van der Waals surface area (Å²) < 4.78 is 5.40. The highest BCUT2D eigenvalue weighted by Crippen LogP contribution is 2.21. The van der Waals surface area contributed by atoms with E-state index >= 15 is 0 Å². The maximum Gasteiger partial charge on any atom is 0.287 e. The van der Waals surface area contributed by atoms with Crippen molar-refractivity contribution in [2.24, 2.45) is 0 Å². The number of hydrogen-bond donors (Lipinski definition) is 3. The summed E-state index contributed by atoms with van der Waals surface area (Å²) in [6.45, 7) is 2.06. The summed E-state index contributed by atoms with van der Waals surface area (Å²) in [5.41, 5.74) is 6.89. The van der Waals surface area contributed by atoms with Gasteiger partial charge in [0.15, 0.2) is 5.76 Å². The number of nitrogens with two attached hydrogens (primary N) is 1. The highest BCUT2D eigenvalue weighted by Gasteiger charge is 2.13. The number of anilines is 1. The van der Waals surface area contributed by atoms with Crippen LogP contribution in [-0.2, 0) is 0 Å². The molecular formula is C13H16N2O3. The van der Waals surface area contributed by atoms with Gasteiger partial charge in [-0.25, -0.2) is 0 Å². The third-order valence-electron chi connectivity index (χ3n) is 2.73. The first-order valence-corrected chi connectivity index (χ1v) is 5.85. The molecule has 2 rings (SSSR count). The molecule has 96 valence electrons. The maximum absolute atomic E-state index is 11.8. The number of carbonyl (C=O) groups is 1. The molecule has 0 aliphatic carbocycles. The number of hydrogen-bond acceptors (Lipinski definition) is 4. The number of fused-ring (bicyclic) bond motifs is 1. The van der Waals surface area contributed by atoms with E-state index in [9.17, 15) is 9.90 Å². The van der Waals surface area contributed by atoms with Gasteiger partial charge in [0.1, 0.15) is 5.58 Å². The number of nitrogen functional groups attached to an aromatic ring is 1. The fourth-order valence-corrected chi connectivity index (χ4v) is 1.62. The predicted molar refractivity (Wildman–Crippen MR) is 69.3 cm³/mol. The Balaban J connectivity index is 2.13. The molecule has 0 aliphatic heterocycles. The molecule has 0 saturated heterocycles. The van der Waals surface area contributed by atoms with E-state index in [4.69, 9.17) is 10.2 Å². The fourth-order valence-electron chi connectivity index (χ4n) is 1.62. The van der Waals surface area contributed by atoms with Crippen molar-refractivity contribution in [2.75, 3.05) is 12.3 Å². The number of benzene rings is 1. The van der Waals surface area contributed by atoms with E-state index in [1.165, 1.54) is 0 Å². The first-order valence-electron chi connectivity index (χ1n) is 5.85. The van der Waals surface area contributed by atoms with Crippen molar-refractivity contribution in [3.63, 3.8) is 0 Å². The third-order valence-corrected chi connectivity index (χ3v) is 2.73. The number of aliphatic hydroxyl groups excluding tert-OH is 1. The van der Waals surface area contributed by atoms with Crippen LogP contribution in [0.4, 0.5) is 5.69 Å². The topological polar surface area (TPSA) is 88.5 Å². The highest BCUT2D eigenvalue weighted by molar-refractivity contribution is 5.96. The number of carbonyl (C=O) groups excluding carboxylic acids is 1. The summed E-state index contributed by atoms with van der Waals surface area (Å²) in [5, 5.41) is 12.8. The molecule has 1 aromatic heterocycles. The smallest absolute Gasteiger partial charge is 0.287 e.